The standard InChI is InChI=1S/C45H54N8O8/c1-23(2)37(50-44(56)59-6)42(54)52-14-8-9-34(52)40-46-19-33(48-40)27-10-12-29-28(16-27)22-61-36-18-30-26(17-31(29)36)11-13-32-39(30)49-41(47-32)35-15-25(21-58-5)20-53(35)43(55)38(24(3)4)51-45(57)60-7/h10-13,16-19,23-25,34-35,37-38H,8-9,14-15,20-22H2,1-7H3,(H,46,48)(H,47,49)(H,50,56)(H,51,57)/t25-,34-,35-,37?,38-/m0/s1. The minimum absolute atomic E-state index is 0.0975. The first-order valence-corrected chi connectivity index (χ1v) is 21.0. The Morgan fingerprint density at radius 1 is 0.852 bits per heavy atom. The predicted octanol–water partition coefficient (Wildman–Crippen LogP) is 6.63. The Bertz CT molecular complexity index is 2480. The average molecular weight is 835 g/mol. The summed E-state index contributed by atoms with van der Waals surface area (Å²) < 4.78 is 21.5. The highest BCUT2D eigenvalue weighted by atomic mass is 16.5. The maximum atomic E-state index is 14.1. The number of hydrogen-bond donors (Lipinski definition) is 4. The van der Waals surface area contributed by atoms with E-state index in [1.165, 1.54) is 14.2 Å². The number of rotatable bonds is 11. The number of methoxy groups -OCH3 is 3. The molecule has 3 aliphatic heterocycles. The van der Waals surface area contributed by atoms with Gasteiger partial charge < -0.3 is 49.3 Å². The predicted molar refractivity (Wildman–Crippen MR) is 227 cm³/mol. The summed E-state index contributed by atoms with van der Waals surface area (Å²) in [5.74, 6) is 1.62. The molecular weight excluding hydrogens is 781 g/mol. The Labute approximate surface area is 354 Å². The van der Waals surface area contributed by atoms with Crippen LogP contribution in [0.4, 0.5) is 9.59 Å². The van der Waals surface area contributed by atoms with Crippen LogP contribution in [0.5, 0.6) is 5.75 Å². The molecule has 8 rings (SSSR count). The van der Waals surface area contributed by atoms with Crippen molar-refractivity contribution < 1.29 is 38.1 Å². The molecule has 2 fully saturated rings. The maximum absolute atomic E-state index is 14.1. The number of nitrogens with zero attached hydrogens (tertiary/aromatic N) is 4. The molecule has 5 atom stereocenters. The number of carbonyl (C=O) groups is 4. The van der Waals surface area contributed by atoms with Crippen molar-refractivity contribution in [1.29, 1.82) is 0 Å². The molecule has 16 heteroatoms. The van der Waals surface area contributed by atoms with Gasteiger partial charge in [-0.05, 0) is 77.4 Å². The number of fused-ring (bicyclic) bond motifs is 6. The number of likely N-dealkylation sites (tertiary alicyclic amines) is 2. The van der Waals surface area contributed by atoms with E-state index >= 15 is 0 Å². The minimum Gasteiger partial charge on any atom is -0.488 e. The van der Waals surface area contributed by atoms with Crippen molar-refractivity contribution in [3.8, 4) is 28.1 Å². The van der Waals surface area contributed by atoms with Crippen molar-refractivity contribution in [2.75, 3.05) is 41.0 Å². The molecule has 0 bridgehead atoms. The molecule has 3 aromatic carbocycles. The van der Waals surface area contributed by atoms with E-state index in [4.69, 9.17) is 28.9 Å². The number of benzene rings is 3. The normalized spacial score (nSPS) is 19.5. The quantitative estimate of drug-likeness (QED) is 0.112. The lowest BCUT2D eigenvalue weighted by molar-refractivity contribution is -0.136. The molecule has 16 nitrogen and oxygen atoms in total. The second kappa shape index (κ2) is 17.1. The summed E-state index contributed by atoms with van der Waals surface area (Å²) in [7, 11) is 4.23. The minimum atomic E-state index is -0.761. The van der Waals surface area contributed by atoms with Crippen LogP contribution in [0, 0.1) is 17.8 Å². The third-order valence-electron chi connectivity index (χ3n) is 12.3. The number of alkyl carbamates (subject to hydrolysis) is 2. The van der Waals surface area contributed by atoms with Gasteiger partial charge in [-0.15, -0.1) is 0 Å². The van der Waals surface area contributed by atoms with Crippen LogP contribution in [0.2, 0.25) is 0 Å². The highest BCUT2D eigenvalue weighted by molar-refractivity contribution is 6.07. The fraction of sp³-hybridized carbons (Fsp3) is 0.467. The molecule has 0 aliphatic carbocycles. The Hall–Kier alpha value is -6.16. The van der Waals surface area contributed by atoms with E-state index in [0.29, 0.717) is 44.4 Å². The number of carbonyl (C=O) groups excluding carboxylic acids is 4. The Morgan fingerprint density at radius 3 is 2.26 bits per heavy atom. The second-order valence-electron chi connectivity index (χ2n) is 17.0. The van der Waals surface area contributed by atoms with Gasteiger partial charge in [0.15, 0.2) is 0 Å². The Kier molecular flexibility index (Phi) is 11.6. The first-order valence-electron chi connectivity index (χ1n) is 21.0. The van der Waals surface area contributed by atoms with Crippen molar-refractivity contribution in [2.24, 2.45) is 17.8 Å². The van der Waals surface area contributed by atoms with E-state index in [1.54, 1.807) is 18.2 Å². The van der Waals surface area contributed by atoms with E-state index in [0.717, 1.165) is 68.3 Å². The fourth-order valence-electron chi connectivity index (χ4n) is 9.14. The van der Waals surface area contributed by atoms with Gasteiger partial charge in [-0.1, -0.05) is 45.9 Å². The lowest BCUT2D eigenvalue weighted by atomic mass is 9.92. The summed E-state index contributed by atoms with van der Waals surface area (Å²) in [5, 5.41) is 7.40. The second-order valence-corrected chi connectivity index (χ2v) is 17.0. The van der Waals surface area contributed by atoms with Crippen LogP contribution in [0.3, 0.4) is 0 Å². The van der Waals surface area contributed by atoms with Crippen LogP contribution >= 0.6 is 0 Å². The SMILES string of the molecule is COC[C@H]1C[C@@H](c2nc3ccc4cc5c(cc4c3[nH]2)OCc2cc(-c3cnc([C@@H]4CCCN4C(=O)C(NC(=O)OC)C(C)C)[nH]3)ccc2-5)N(C(=O)[C@@H](NC(=O)OC)C(C)C)C1. The number of aromatic nitrogens is 4. The fourth-order valence-corrected chi connectivity index (χ4v) is 9.14. The average Bonchev–Trinajstić information content (AvgIpc) is 4.09. The largest absolute Gasteiger partial charge is 0.488 e. The molecule has 0 radical (unpaired) electrons. The van der Waals surface area contributed by atoms with Gasteiger partial charge in [0.05, 0.1) is 55.8 Å². The topological polar surface area (TPSA) is 193 Å². The zero-order valence-electron chi connectivity index (χ0n) is 35.7. The summed E-state index contributed by atoms with van der Waals surface area (Å²) in [6.07, 6.45) is 2.78. The van der Waals surface area contributed by atoms with Gasteiger partial charge in [-0.25, -0.2) is 19.6 Å². The molecule has 1 unspecified atom stereocenters. The summed E-state index contributed by atoms with van der Waals surface area (Å²) in [6.45, 7) is 9.51. The lowest BCUT2D eigenvalue weighted by Gasteiger charge is -2.30. The number of hydrogen-bond acceptors (Lipinski definition) is 10. The third kappa shape index (κ3) is 7.96. The van der Waals surface area contributed by atoms with Gasteiger partial charge in [-0.2, -0.15) is 0 Å². The van der Waals surface area contributed by atoms with Gasteiger partial charge in [0.2, 0.25) is 11.8 Å². The van der Waals surface area contributed by atoms with Crippen LogP contribution < -0.4 is 15.4 Å². The smallest absolute Gasteiger partial charge is 0.407 e. The molecule has 5 heterocycles. The van der Waals surface area contributed by atoms with Crippen molar-refractivity contribution >= 4 is 45.8 Å². The van der Waals surface area contributed by atoms with Gasteiger partial charge >= 0.3 is 12.2 Å². The number of nitrogens with one attached hydrogen (secondary N) is 4. The van der Waals surface area contributed by atoms with Crippen molar-refractivity contribution in [1.82, 2.24) is 40.4 Å². The number of ether oxygens (including phenoxy) is 4. The van der Waals surface area contributed by atoms with E-state index in [2.05, 4.69) is 57.0 Å². The van der Waals surface area contributed by atoms with Crippen LogP contribution in [0.15, 0.2) is 48.7 Å². The maximum Gasteiger partial charge on any atom is 0.407 e. The van der Waals surface area contributed by atoms with Crippen LogP contribution in [0.1, 0.15) is 76.3 Å². The van der Waals surface area contributed by atoms with Crippen LogP contribution in [-0.4, -0.2) is 107 Å². The zero-order valence-corrected chi connectivity index (χ0v) is 35.7. The third-order valence-corrected chi connectivity index (χ3v) is 12.3. The van der Waals surface area contributed by atoms with Gasteiger partial charge in [0, 0.05) is 37.1 Å². The number of H-pyrrole nitrogens is 2. The molecule has 4 amide bonds. The zero-order chi connectivity index (χ0) is 43.1. The van der Waals surface area contributed by atoms with Crippen molar-refractivity contribution in [2.45, 2.75) is 77.7 Å². The summed E-state index contributed by atoms with van der Waals surface area (Å²) in [4.78, 5) is 72.4. The first kappa shape index (κ1) is 41.6. The summed E-state index contributed by atoms with van der Waals surface area (Å²) in [6, 6.07) is 12.5. The molecule has 4 N–H and O–H groups in total. The number of amides is 4. The molecule has 3 aliphatic rings. The van der Waals surface area contributed by atoms with Crippen LogP contribution in [0.25, 0.3) is 44.2 Å². The molecule has 0 saturated carbocycles. The molecule has 2 saturated heterocycles. The number of aromatic amines is 2. The van der Waals surface area contributed by atoms with Crippen molar-refractivity contribution in [3.05, 3.63) is 65.9 Å². The summed E-state index contributed by atoms with van der Waals surface area (Å²) >= 11 is 0. The van der Waals surface area contributed by atoms with Gasteiger partial charge in [0.1, 0.15) is 36.1 Å². The molecule has 0 spiro atoms. The lowest BCUT2D eigenvalue weighted by Crippen LogP contribution is -2.51. The number of imidazole rings is 2. The van der Waals surface area contributed by atoms with E-state index in [9.17, 15) is 19.2 Å². The van der Waals surface area contributed by atoms with Gasteiger partial charge in [-0.3, -0.25) is 9.59 Å². The summed E-state index contributed by atoms with van der Waals surface area (Å²) in [5.41, 5.74) is 6.52. The Morgan fingerprint density at radius 2 is 1.57 bits per heavy atom. The highest BCUT2D eigenvalue weighted by Crippen LogP contribution is 2.44. The van der Waals surface area contributed by atoms with E-state index in [-0.39, 0.29) is 41.7 Å². The van der Waals surface area contributed by atoms with Crippen LogP contribution in [-0.2, 0) is 30.4 Å². The Balaban J connectivity index is 1.05. The van der Waals surface area contributed by atoms with E-state index < -0.39 is 24.3 Å². The molecule has 5 aromatic rings. The first-order chi connectivity index (χ1) is 29.4. The van der Waals surface area contributed by atoms with Crippen molar-refractivity contribution in [3.63, 3.8) is 0 Å². The highest BCUT2D eigenvalue weighted by Gasteiger charge is 2.42. The molecule has 2 aromatic heterocycles. The molecular formula is C45H54N8O8. The molecule has 61 heavy (non-hydrogen) atoms. The van der Waals surface area contributed by atoms with E-state index in [1.807, 2.05) is 38.7 Å². The monoisotopic (exact) mass is 834 g/mol. The van der Waals surface area contributed by atoms with Gasteiger partial charge in [0.25, 0.3) is 0 Å². The molecule has 322 valence electrons.